The molecule has 0 spiro atoms. The van der Waals surface area contributed by atoms with Crippen molar-refractivity contribution in [3.8, 4) is 16.9 Å². The Balaban J connectivity index is 1.92. The molecule has 0 aliphatic heterocycles. The van der Waals surface area contributed by atoms with Gasteiger partial charge in [0.05, 0.1) is 12.7 Å². The van der Waals surface area contributed by atoms with E-state index in [0.29, 0.717) is 12.4 Å². The Morgan fingerprint density at radius 1 is 1.03 bits per heavy atom. The molecular formula is C31H33FO5. The van der Waals surface area contributed by atoms with Crippen molar-refractivity contribution < 1.29 is 28.6 Å². The summed E-state index contributed by atoms with van der Waals surface area (Å²) >= 11 is 0. The highest BCUT2D eigenvalue weighted by molar-refractivity contribution is 5.95. The Bertz CT molecular complexity index is 1220. The lowest BCUT2D eigenvalue weighted by molar-refractivity contribution is -0.145. The predicted molar refractivity (Wildman–Crippen MR) is 143 cm³/mol. The predicted octanol–water partition coefficient (Wildman–Crippen LogP) is 6.48. The number of hydrogen-bond acceptors (Lipinski definition) is 5. The van der Waals surface area contributed by atoms with Crippen LogP contribution in [0.5, 0.6) is 5.75 Å². The molecule has 0 aliphatic rings. The minimum Gasteiger partial charge on any atom is -0.489 e. The maximum Gasteiger partial charge on any atom is 0.313 e. The van der Waals surface area contributed by atoms with Crippen LogP contribution in [-0.2, 0) is 20.9 Å². The van der Waals surface area contributed by atoms with Crippen LogP contribution in [-0.4, -0.2) is 29.6 Å². The third-order valence-electron chi connectivity index (χ3n) is 5.78. The fourth-order valence-electron chi connectivity index (χ4n) is 3.96. The zero-order valence-corrected chi connectivity index (χ0v) is 21.4. The molecule has 0 radical (unpaired) electrons. The molecule has 3 aromatic carbocycles. The van der Waals surface area contributed by atoms with E-state index in [1.54, 1.807) is 31.2 Å². The number of esters is 1. The van der Waals surface area contributed by atoms with E-state index in [0.717, 1.165) is 27.8 Å². The highest BCUT2D eigenvalue weighted by Crippen LogP contribution is 2.36. The van der Waals surface area contributed by atoms with Crippen molar-refractivity contribution in [2.24, 2.45) is 0 Å². The van der Waals surface area contributed by atoms with Crippen molar-refractivity contribution in [1.82, 2.24) is 0 Å². The molecule has 3 rings (SSSR count). The maximum absolute atomic E-state index is 13.7. The van der Waals surface area contributed by atoms with Gasteiger partial charge in [-0.25, -0.2) is 4.39 Å². The molecule has 0 saturated heterocycles. The molecule has 0 aliphatic carbocycles. The van der Waals surface area contributed by atoms with Crippen molar-refractivity contribution in [1.29, 1.82) is 0 Å². The Labute approximate surface area is 217 Å². The molecule has 0 amide bonds. The molecule has 0 fully saturated rings. The van der Waals surface area contributed by atoms with E-state index in [1.165, 1.54) is 12.1 Å². The molecule has 5 nitrogen and oxygen atoms in total. The highest BCUT2D eigenvalue weighted by Gasteiger charge is 2.17. The maximum atomic E-state index is 13.7. The van der Waals surface area contributed by atoms with Crippen LogP contribution in [0.4, 0.5) is 4.39 Å². The Hall–Kier alpha value is -3.77. The van der Waals surface area contributed by atoms with Crippen LogP contribution in [0.1, 0.15) is 56.2 Å². The van der Waals surface area contributed by atoms with Gasteiger partial charge in [-0.3, -0.25) is 9.59 Å². The van der Waals surface area contributed by atoms with E-state index in [-0.39, 0.29) is 31.2 Å². The Kier molecular flexibility index (Phi) is 10.2. The number of carbonyl (C=O) groups excluding carboxylic acids is 2. The smallest absolute Gasteiger partial charge is 0.313 e. The first-order valence-corrected chi connectivity index (χ1v) is 12.4. The summed E-state index contributed by atoms with van der Waals surface area (Å²) in [7, 11) is 0. The van der Waals surface area contributed by atoms with Crippen LogP contribution in [0.25, 0.3) is 17.2 Å². The van der Waals surface area contributed by atoms with Gasteiger partial charge in [-0.1, -0.05) is 68.5 Å². The van der Waals surface area contributed by atoms with Crippen LogP contribution < -0.4 is 4.74 Å². The summed E-state index contributed by atoms with van der Waals surface area (Å²) in [4.78, 5) is 23.7. The Morgan fingerprint density at radius 2 is 1.73 bits per heavy atom. The van der Waals surface area contributed by atoms with Crippen LogP contribution >= 0.6 is 0 Å². The van der Waals surface area contributed by atoms with Gasteiger partial charge in [0.15, 0.2) is 0 Å². The van der Waals surface area contributed by atoms with Crippen LogP contribution in [0.2, 0.25) is 0 Å². The number of benzene rings is 3. The second-order valence-electron chi connectivity index (χ2n) is 9.06. The molecule has 37 heavy (non-hydrogen) atoms. The van der Waals surface area contributed by atoms with Crippen molar-refractivity contribution in [2.75, 3.05) is 6.61 Å². The number of carbonyl (C=O) groups is 2. The SMILES string of the molecule is CCOC(=O)CC(=O)CC(O)C=Cc1c(-c2ccc(F)cc2)cc(OCc2ccccc2)cc1C(C)C. The van der Waals surface area contributed by atoms with Gasteiger partial charge in [0, 0.05) is 6.42 Å². The Morgan fingerprint density at radius 3 is 2.38 bits per heavy atom. The zero-order chi connectivity index (χ0) is 26.8. The minimum absolute atomic E-state index is 0.113. The molecule has 1 N–H and O–H groups in total. The number of halogens is 1. The third kappa shape index (κ3) is 8.40. The number of hydrogen-bond donors (Lipinski definition) is 1. The van der Waals surface area contributed by atoms with Crippen molar-refractivity contribution in [3.63, 3.8) is 0 Å². The van der Waals surface area contributed by atoms with Gasteiger partial charge >= 0.3 is 5.97 Å². The average Bonchev–Trinajstić information content (AvgIpc) is 2.87. The summed E-state index contributed by atoms with van der Waals surface area (Å²) in [5, 5.41) is 10.5. The normalized spacial score (nSPS) is 12.1. The lowest BCUT2D eigenvalue weighted by Gasteiger charge is -2.19. The van der Waals surface area contributed by atoms with Gasteiger partial charge < -0.3 is 14.6 Å². The van der Waals surface area contributed by atoms with E-state index < -0.39 is 17.9 Å². The molecule has 1 unspecified atom stereocenters. The number of ketones is 1. The summed E-state index contributed by atoms with van der Waals surface area (Å²) in [5.74, 6) is -0.550. The van der Waals surface area contributed by atoms with Gasteiger partial charge in [0.2, 0.25) is 0 Å². The summed E-state index contributed by atoms with van der Waals surface area (Å²) in [6.45, 7) is 6.38. The largest absolute Gasteiger partial charge is 0.489 e. The summed E-state index contributed by atoms with van der Waals surface area (Å²) < 4.78 is 24.6. The van der Waals surface area contributed by atoms with Gasteiger partial charge in [0.1, 0.15) is 30.4 Å². The van der Waals surface area contributed by atoms with E-state index in [2.05, 4.69) is 13.8 Å². The van der Waals surface area contributed by atoms with Crippen molar-refractivity contribution in [2.45, 2.75) is 52.2 Å². The zero-order valence-electron chi connectivity index (χ0n) is 21.4. The molecular weight excluding hydrogens is 471 g/mol. The monoisotopic (exact) mass is 504 g/mol. The molecule has 6 heteroatoms. The first kappa shape index (κ1) is 27.8. The van der Waals surface area contributed by atoms with Crippen LogP contribution in [0.3, 0.4) is 0 Å². The minimum atomic E-state index is -1.07. The second-order valence-corrected chi connectivity index (χ2v) is 9.06. The van der Waals surface area contributed by atoms with Gasteiger partial charge in [-0.05, 0) is 64.9 Å². The van der Waals surface area contributed by atoms with E-state index in [4.69, 9.17) is 9.47 Å². The lowest BCUT2D eigenvalue weighted by atomic mass is 9.89. The number of Topliss-reactive ketones (excluding diaryl/α,β-unsaturated/α-hetero) is 1. The number of ether oxygens (including phenoxy) is 2. The van der Waals surface area contributed by atoms with Crippen molar-refractivity contribution in [3.05, 3.63) is 95.3 Å². The van der Waals surface area contributed by atoms with Crippen LogP contribution in [0.15, 0.2) is 72.8 Å². The number of rotatable bonds is 12. The molecule has 0 saturated carbocycles. The molecule has 194 valence electrons. The van der Waals surface area contributed by atoms with Gasteiger partial charge in [0.25, 0.3) is 0 Å². The van der Waals surface area contributed by atoms with Crippen LogP contribution in [0, 0.1) is 5.82 Å². The lowest BCUT2D eigenvalue weighted by Crippen LogP contribution is -2.16. The first-order chi connectivity index (χ1) is 17.8. The average molecular weight is 505 g/mol. The summed E-state index contributed by atoms with van der Waals surface area (Å²) in [6.07, 6.45) is 1.68. The molecule has 0 aromatic heterocycles. The third-order valence-corrected chi connectivity index (χ3v) is 5.78. The molecule has 0 bridgehead atoms. The summed E-state index contributed by atoms with van der Waals surface area (Å²) in [6, 6.07) is 19.9. The summed E-state index contributed by atoms with van der Waals surface area (Å²) in [5.41, 5.74) is 4.46. The number of aliphatic hydroxyl groups is 1. The highest BCUT2D eigenvalue weighted by atomic mass is 19.1. The fraction of sp³-hybridized carbons (Fsp3) is 0.290. The van der Waals surface area contributed by atoms with E-state index >= 15 is 0 Å². The van der Waals surface area contributed by atoms with Gasteiger partial charge in [-0.15, -0.1) is 0 Å². The molecule has 3 aromatic rings. The standard InChI is InChI=1S/C31H33FO5/c1-4-36-31(35)17-26(34)16-25(33)14-15-28-29(21(2)3)18-27(37-20-22-8-6-5-7-9-22)19-30(28)23-10-12-24(32)13-11-23/h5-15,18-19,21,25,33H,4,16-17,20H2,1-3H3. The second kappa shape index (κ2) is 13.5. The van der Waals surface area contributed by atoms with Gasteiger partial charge in [-0.2, -0.15) is 0 Å². The van der Waals surface area contributed by atoms with E-state index in [1.807, 2.05) is 42.5 Å². The van der Waals surface area contributed by atoms with E-state index in [9.17, 15) is 19.1 Å². The topological polar surface area (TPSA) is 72.8 Å². The van der Waals surface area contributed by atoms with Crippen molar-refractivity contribution >= 4 is 17.8 Å². The number of aliphatic hydroxyl groups excluding tert-OH is 1. The first-order valence-electron chi connectivity index (χ1n) is 12.4. The fourth-order valence-corrected chi connectivity index (χ4v) is 3.96. The quantitative estimate of drug-likeness (QED) is 0.226. The molecule has 0 heterocycles. The molecule has 1 atom stereocenters.